The van der Waals surface area contributed by atoms with Gasteiger partial charge in [-0.3, -0.25) is 9.59 Å². The highest BCUT2D eigenvalue weighted by Crippen LogP contribution is 2.07. The van der Waals surface area contributed by atoms with Crippen molar-refractivity contribution in [2.75, 3.05) is 6.54 Å². The molecule has 0 radical (unpaired) electrons. The van der Waals surface area contributed by atoms with Crippen LogP contribution < -0.4 is 10.2 Å². The van der Waals surface area contributed by atoms with Gasteiger partial charge in [-0.2, -0.15) is 0 Å². The van der Waals surface area contributed by atoms with Crippen LogP contribution in [-0.4, -0.2) is 17.4 Å². The van der Waals surface area contributed by atoms with Gasteiger partial charge in [0, 0.05) is 12.2 Å². The van der Waals surface area contributed by atoms with E-state index >= 15 is 0 Å². The maximum Gasteiger partial charge on any atom is 0.305 e. The van der Waals surface area contributed by atoms with E-state index in [-0.39, 0.29) is 10.8 Å². The van der Waals surface area contributed by atoms with Crippen LogP contribution in [0.4, 0.5) is 0 Å². The van der Waals surface area contributed by atoms with Crippen LogP contribution in [0.5, 0.6) is 0 Å². The summed E-state index contributed by atoms with van der Waals surface area (Å²) in [5.41, 5.74) is 1.90. The average molecular weight is 276 g/mol. The molecule has 0 unspecified atom stereocenters. The number of rotatable bonds is 5. The fourth-order valence-electron chi connectivity index (χ4n) is 1.84. The molecule has 1 heterocycles. The standard InChI is InChI=1S/C14H16N2O2S/c1-10-12(19-14(18)16-10)13(17)15-9-5-8-11-6-3-2-4-7-11/h2-4,6-7H,5,8-9H2,1H3,(H,15,17)(H,16,18). The van der Waals surface area contributed by atoms with E-state index in [1.165, 1.54) is 5.56 Å². The summed E-state index contributed by atoms with van der Waals surface area (Å²) in [7, 11) is 0. The lowest BCUT2D eigenvalue weighted by Gasteiger charge is -2.04. The zero-order valence-electron chi connectivity index (χ0n) is 10.7. The molecule has 0 aliphatic carbocycles. The molecule has 0 aliphatic rings. The Morgan fingerprint density at radius 3 is 2.68 bits per heavy atom. The zero-order valence-corrected chi connectivity index (χ0v) is 11.5. The monoisotopic (exact) mass is 276 g/mol. The van der Waals surface area contributed by atoms with Crippen LogP contribution in [0.1, 0.15) is 27.3 Å². The van der Waals surface area contributed by atoms with Crippen LogP contribution in [0, 0.1) is 6.92 Å². The van der Waals surface area contributed by atoms with E-state index < -0.39 is 0 Å². The number of carbonyl (C=O) groups is 1. The number of amides is 1. The normalized spacial score (nSPS) is 10.4. The zero-order chi connectivity index (χ0) is 13.7. The minimum atomic E-state index is -0.188. The van der Waals surface area contributed by atoms with Crippen molar-refractivity contribution in [3.63, 3.8) is 0 Å². The number of H-pyrrole nitrogens is 1. The molecular formula is C14H16N2O2S. The van der Waals surface area contributed by atoms with Crippen molar-refractivity contribution in [3.8, 4) is 0 Å². The maximum absolute atomic E-state index is 11.8. The lowest BCUT2D eigenvalue weighted by molar-refractivity contribution is 0.0956. The third kappa shape index (κ3) is 3.79. The molecule has 0 saturated carbocycles. The molecule has 0 atom stereocenters. The van der Waals surface area contributed by atoms with E-state index in [2.05, 4.69) is 22.4 Å². The van der Waals surface area contributed by atoms with E-state index in [4.69, 9.17) is 0 Å². The molecule has 0 saturated heterocycles. The summed E-state index contributed by atoms with van der Waals surface area (Å²) in [5.74, 6) is -0.172. The molecule has 2 aromatic rings. The quantitative estimate of drug-likeness (QED) is 0.822. The smallest absolute Gasteiger partial charge is 0.305 e. The van der Waals surface area contributed by atoms with Crippen molar-refractivity contribution in [3.05, 3.63) is 56.1 Å². The van der Waals surface area contributed by atoms with Crippen LogP contribution in [0.3, 0.4) is 0 Å². The third-order valence-electron chi connectivity index (χ3n) is 2.80. The van der Waals surface area contributed by atoms with Gasteiger partial charge < -0.3 is 10.3 Å². The number of nitrogens with one attached hydrogen (secondary N) is 2. The Bertz CT molecular complexity index is 601. The predicted molar refractivity (Wildman–Crippen MR) is 76.8 cm³/mol. The molecule has 0 bridgehead atoms. The van der Waals surface area contributed by atoms with Crippen LogP contribution in [-0.2, 0) is 6.42 Å². The summed E-state index contributed by atoms with van der Waals surface area (Å²) < 4.78 is 0. The van der Waals surface area contributed by atoms with Crippen LogP contribution in [0.25, 0.3) is 0 Å². The van der Waals surface area contributed by atoms with Gasteiger partial charge in [0.05, 0.1) is 0 Å². The molecule has 4 nitrogen and oxygen atoms in total. The topological polar surface area (TPSA) is 62.0 Å². The molecule has 2 N–H and O–H groups in total. The van der Waals surface area contributed by atoms with Gasteiger partial charge >= 0.3 is 4.87 Å². The van der Waals surface area contributed by atoms with Crippen molar-refractivity contribution >= 4 is 17.2 Å². The number of thiazole rings is 1. The van der Waals surface area contributed by atoms with Gasteiger partial charge in [-0.25, -0.2) is 0 Å². The third-order valence-corrected chi connectivity index (χ3v) is 3.78. The molecule has 1 aromatic carbocycles. The first-order chi connectivity index (χ1) is 9.16. The first-order valence-corrected chi connectivity index (χ1v) is 7.00. The molecule has 1 amide bonds. The van der Waals surface area contributed by atoms with Gasteiger partial charge in [0.1, 0.15) is 4.88 Å². The summed E-state index contributed by atoms with van der Waals surface area (Å²) >= 11 is 0.954. The fourth-order valence-corrected chi connectivity index (χ4v) is 2.60. The minimum absolute atomic E-state index is 0.172. The Hall–Kier alpha value is -1.88. The lowest BCUT2D eigenvalue weighted by Crippen LogP contribution is -2.24. The molecular weight excluding hydrogens is 260 g/mol. The second kappa shape index (κ2) is 6.33. The number of hydrogen-bond donors (Lipinski definition) is 2. The molecule has 19 heavy (non-hydrogen) atoms. The first-order valence-electron chi connectivity index (χ1n) is 6.18. The number of carbonyl (C=O) groups excluding carboxylic acids is 1. The van der Waals surface area contributed by atoms with Crippen molar-refractivity contribution in [1.29, 1.82) is 0 Å². The average Bonchev–Trinajstić information content (AvgIpc) is 2.75. The molecule has 0 aliphatic heterocycles. The predicted octanol–water partition coefficient (Wildman–Crippen LogP) is 2.11. The Morgan fingerprint density at radius 2 is 2.05 bits per heavy atom. The van der Waals surface area contributed by atoms with Gasteiger partial charge in [-0.05, 0) is 25.3 Å². The van der Waals surface area contributed by atoms with Crippen molar-refractivity contribution in [1.82, 2.24) is 10.3 Å². The van der Waals surface area contributed by atoms with Crippen molar-refractivity contribution in [2.45, 2.75) is 19.8 Å². The van der Waals surface area contributed by atoms with Crippen LogP contribution in [0.15, 0.2) is 35.1 Å². The molecule has 1 aromatic heterocycles. The van der Waals surface area contributed by atoms with Crippen LogP contribution in [0.2, 0.25) is 0 Å². The molecule has 0 fully saturated rings. The summed E-state index contributed by atoms with van der Waals surface area (Å²) in [5, 5.41) is 2.84. The maximum atomic E-state index is 11.8. The number of aromatic amines is 1. The number of aryl methyl sites for hydroxylation is 2. The summed E-state index contributed by atoms with van der Waals surface area (Å²) in [4.78, 5) is 25.8. The van der Waals surface area contributed by atoms with Gasteiger partial charge in [0.2, 0.25) is 0 Å². The Kier molecular flexibility index (Phi) is 4.52. The van der Waals surface area contributed by atoms with Crippen molar-refractivity contribution < 1.29 is 4.79 Å². The second-order valence-corrected chi connectivity index (χ2v) is 5.30. The summed E-state index contributed by atoms with van der Waals surface area (Å²) in [6.07, 6.45) is 1.82. The van der Waals surface area contributed by atoms with Gasteiger partial charge in [0.25, 0.3) is 5.91 Å². The van der Waals surface area contributed by atoms with E-state index in [0.717, 1.165) is 24.2 Å². The van der Waals surface area contributed by atoms with E-state index in [9.17, 15) is 9.59 Å². The van der Waals surface area contributed by atoms with E-state index in [1.807, 2.05) is 18.2 Å². The van der Waals surface area contributed by atoms with Crippen molar-refractivity contribution in [2.24, 2.45) is 0 Å². The summed E-state index contributed by atoms with van der Waals surface area (Å²) in [6, 6.07) is 10.2. The Labute approximate surface area is 115 Å². The number of aromatic nitrogens is 1. The van der Waals surface area contributed by atoms with Gasteiger partial charge in [-0.15, -0.1) is 0 Å². The van der Waals surface area contributed by atoms with Gasteiger partial charge in [0.15, 0.2) is 0 Å². The SMILES string of the molecule is Cc1[nH]c(=O)sc1C(=O)NCCCc1ccccc1. The molecule has 5 heteroatoms. The molecule has 100 valence electrons. The van der Waals surface area contributed by atoms with E-state index in [0.29, 0.717) is 17.1 Å². The lowest BCUT2D eigenvalue weighted by atomic mass is 10.1. The highest BCUT2D eigenvalue weighted by atomic mass is 32.1. The highest BCUT2D eigenvalue weighted by Gasteiger charge is 2.12. The highest BCUT2D eigenvalue weighted by molar-refractivity contribution is 7.11. The fraction of sp³-hybridized carbons (Fsp3) is 0.286. The van der Waals surface area contributed by atoms with Crippen LogP contribution >= 0.6 is 11.3 Å². The molecule has 0 spiro atoms. The number of benzene rings is 1. The minimum Gasteiger partial charge on any atom is -0.351 e. The second-order valence-electron chi connectivity index (χ2n) is 4.31. The first kappa shape index (κ1) is 13.5. The van der Waals surface area contributed by atoms with E-state index in [1.54, 1.807) is 6.92 Å². The number of hydrogen-bond acceptors (Lipinski definition) is 3. The molecule has 2 rings (SSSR count). The Balaban J connectivity index is 1.79. The van der Waals surface area contributed by atoms with Gasteiger partial charge in [-0.1, -0.05) is 41.7 Å². The largest absolute Gasteiger partial charge is 0.351 e. The Morgan fingerprint density at radius 1 is 1.32 bits per heavy atom. The summed E-state index contributed by atoms with van der Waals surface area (Å²) in [6.45, 7) is 2.34.